The van der Waals surface area contributed by atoms with E-state index in [1.807, 2.05) is 0 Å². The van der Waals surface area contributed by atoms with E-state index in [1.165, 1.54) is 4.90 Å². The third kappa shape index (κ3) is 1.95. The summed E-state index contributed by atoms with van der Waals surface area (Å²) in [4.78, 5) is 28.9. The number of hydrogen-bond acceptors (Lipinski definition) is 3. The van der Waals surface area contributed by atoms with Crippen molar-refractivity contribution in [3.05, 3.63) is 36.4 Å². The van der Waals surface area contributed by atoms with Crippen LogP contribution in [-0.2, 0) is 4.79 Å². The summed E-state index contributed by atoms with van der Waals surface area (Å²) in [5.74, 6) is -1.17. The number of hydrogen-bond donors (Lipinski definition) is 1. The van der Waals surface area contributed by atoms with Crippen LogP contribution in [0.2, 0.25) is 0 Å². The summed E-state index contributed by atoms with van der Waals surface area (Å²) in [5, 5.41) is 9.11. The van der Waals surface area contributed by atoms with Crippen molar-refractivity contribution in [2.75, 3.05) is 6.54 Å². The average Bonchev–Trinajstić information content (AvgIpc) is 3.05. The zero-order valence-corrected chi connectivity index (χ0v) is 10.2. The molecular weight excluding hydrogens is 246 g/mol. The molecule has 1 N–H and O–H groups in total. The van der Waals surface area contributed by atoms with E-state index in [0.717, 1.165) is 11.9 Å². The van der Waals surface area contributed by atoms with E-state index in [4.69, 9.17) is 5.11 Å². The summed E-state index contributed by atoms with van der Waals surface area (Å²) in [6, 6.07) is 2.80. The molecule has 0 spiro atoms. The van der Waals surface area contributed by atoms with Gasteiger partial charge in [0.05, 0.1) is 23.6 Å². The number of pyridine rings is 1. The second kappa shape index (κ2) is 4.38. The van der Waals surface area contributed by atoms with Gasteiger partial charge in [0.1, 0.15) is 6.04 Å². The van der Waals surface area contributed by atoms with Crippen molar-refractivity contribution >= 4 is 17.4 Å². The lowest BCUT2D eigenvalue weighted by molar-refractivity contribution is -0.141. The third-order valence-corrected chi connectivity index (χ3v) is 3.45. The first-order chi connectivity index (χ1) is 9.16. The van der Waals surface area contributed by atoms with Crippen LogP contribution >= 0.6 is 0 Å². The standard InChI is InChI=1S/C13H13N3O3/c17-12(16-5-1-2-11(16)13(18)19)9-3-4-10-6-14-8-15(10)7-9/h3-4,6-8,11H,1-2,5H2,(H,18,19). The Kier molecular flexibility index (Phi) is 2.70. The molecule has 6 heteroatoms. The fourth-order valence-electron chi connectivity index (χ4n) is 2.48. The van der Waals surface area contributed by atoms with Gasteiger partial charge in [-0.2, -0.15) is 0 Å². The number of aromatic nitrogens is 2. The lowest BCUT2D eigenvalue weighted by Crippen LogP contribution is -2.40. The summed E-state index contributed by atoms with van der Waals surface area (Å²) < 4.78 is 1.75. The number of carboxylic acids is 1. The number of amides is 1. The van der Waals surface area contributed by atoms with Gasteiger partial charge in [0.2, 0.25) is 0 Å². The molecule has 1 aliphatic heterocycles. The number of nitrogens with zero attached hydrogens (tertiary/aromatic N) is 3. The molecule has 3 heterocycles. The van der Waals surface area contributed by atoms with Gasteiger partial charge in [-0.15, -0.1) is 0 Å². The average molecular weight is 259 g/mol. The van der Waals surface area contributed by atoms with Crippen LogP contribution < -0.4 is 0 Å². The Hall–Kier alpha value is -2.37. The molecule has 0 aliphatic carbocycles. The van der Waals surface area contributed by atoms with Gasteiger partial charge in [0.15, 0.2) is 0 Å². The number of carbonyl (C=O) groups is 2. The molecule has 98 valence electrons. The summed E-state index contributed by atoms with van der Waals surface area (Å²) in [7, 11) is 0. The molecule has 19 heavy (non-hydrogen) atoms. The summed E-state index contributed by atoms with van der Waals surface area (Å²) in [5.41, 5.74) is 1.38. The smallest absolute Gasteiger partial charge is 0.326 e. The first-order valence-corrected chi connectivity index (χ1v) is 6.12. The van der Waals surface area contributed by atoms with Crippen molar-refractivity contribution in [1.82, 2.24) is 14.3 Å². The molecule has 6 nitrogen and oxygen atoms in total. The van der Waals surface area contributed by atoms with Crippen molar-refractivity contribution in [3.63, 3.8) is 0 Å². The minimum absolute atomic E-state index is 0.236. The third-order valence-electron chi connectivity index (χ3n) is 3.45. The van der Waals surface area contributed by atoms with Gasteiger partial charge in [-0.25, -0.2) is 9.78 Å². The van der Waals surface area contributed by atoms with E-state index in [9.17, 15) is 9.59 Å². The molecule has 1 aliphatic rings. The summed E-state index contributed by atoms with van der Waals surface area (Å²) in [6.45, 7) is 0.498. The minimum atomic E-state index is -0.936. The lowest BCUT2D eigenvalue weighted by Gasteiger charge is -2.21. The second-order valence-electron chi connectivity index (χ2n) is 4.64. The molecule has 1 atom stereocenters. The van der Waals surface area contributed by atoms with Gasteiger partial charge in [0, 0.05) is 12.7 Å². The normalized spacial score (nSPS) is 18.9. The second-order valence-corrected chi connectivity index (χ2v) is 4.64. The summed E-state index contributed by atoms with van der Waals surface area (Å²) >= 11 is 0. The quantitative estimate of drug-likeness (QED) is 0.873. The monoisotopic (exact) mass is 259 g/mol. The Morgan fingerprint density at radius 2 is 2.21 bits per heavy atom. The zero-order chi connectivity index (χ0) is 13.4. The van der Waals surface area contributed by atoms with E-state index in [-0.39, 0.29) is 5.91 Å². The molecule has 2 aromatic rings. The maximum Gasteiger partial charge on any atom is 0.326 e. The van der Waals surface area contributed by atoms with E-state index >= 15 is 0 Å². The maximum absolute atomic E-state index is 12.4. The molecule has 2 aromatic heterocycles. The molecule has 0 saturated carbocycles. The van der Waals surface area contributed by atoms with Crippen LogP contribution in [-0.4, -0.2) is 43.9 Å². The Morgan fingerprint density at radius 3 is 3.00 bits per heavy atom. The molecule has 0 bridgehead atoms. The molecule has 1 amide bonds. The first kappa shape index (κ1) is 11.7. The fraction of sp³-hybridized carbons (Fsp3) is 0.308. The molecular formula is C13H13N3O3. The number of carbonyl (C=O) groups excluding carboxylic acids is 1. The Labute approximate surface area is 109 Å². The fourth-order valence-corrected chi connectivity index (χ4v) is 2.48. The number of likely N-dealkylation sites (tertiary alicyclic amines) is 1. The Morgan fingerprint density at radius 1 is 1.37 bits per heavy atom. The maximum atomic E-state index is 12.4. The van der Waals surface area contributed by atoms with E-state index in [1.54, 1.807) is 35.3 Å². The van der Waals surface area contributed by atoms with Crippen molar-refractivity contribution < 1.29 is 14.7 Å². The van der Waals surface area contributed by atoms with E-state index < -0.39 is 12.0 Å². The van der Waals surface area contributed by atoms with Crippen LogP contribution in [0, 0.1) is 0 Å². The van der Waals surface area contributed by atoms with Crippen LogP contribution in [0.4, 0.5) is 0 Å². The van der Waals surface area contributed by atoms with E-state index in [0.29, 0.717) is 18.5 Å². The van der Waals surface area contributed by atoms with Gasteiger partial charge in [-0.1, -0.05) is 0 Å². The van der Waals surface area contributed by atoms with Crippen LogP contribution in [0.15, 0.2) is 30.9 Å². The number of rotatable bonds is 2. The van der Waals surface area contributed by atoms with Crippen molar-refractivity contribution in [2.24, 2.45) is 0 Å². The predicted octanol–water partition coefficient (Wildman–Crippen LogP) is 1.02. The number of fused-ring (bicyclic) bond motifs is 1. The molecule has 1 saturated heterocycles. The van der Waals surface area contributed by atoms with Crippen LogP contribution in [0.5, 0.6) is 0 Å². The van der Waals surface area contributed by atoms with Gasteiger partial charge < -0.3 is 14.4 Å². The number of carboxylic acid groups (broad SMARTS) is 1. The largest absolute Gasteiger partial charge is 0.480 e. The molecule has 0 aromatic carbocycles. The van der Waals surface area contributed by atoms with Gasteiger partial charge in [-0.05, 0) is 25.0 Å². The zero-order valence-electron chi connectivity index (χ0n) is 10.2. The highest BCUT2D eigenvalue weighted by Gasteiger charge is 2.34. The lowest BCUT2D eigenvalue weighted by atomic mass is 10.2. The van der Waals surface area contributed by atoms with Crippen molar-refractivity contribution in [3.8, 4) is 0 Å². The van der Waals surface area contributed by atoms with Crippen molar-refractivity contribution in [2.45, 2.75) is 18.9 Å². The highest BCUT2D eigenvalue weighted by Crippen LogP contribution is 2.20. The summed E-state index contributed by atoms with van der Waals surface area (Å²) in [6.07, 6.45) is 6.25. The predicted molar refractivity (Wildman–Crippen MR) is 66.9 cm³/mol. The molecule has 0 radical (unpaired) electrons. The first-order valence-electron chi connectivity index (χ1n) is 6.12. The van der Waals surface area contributed by atoms with Gasteiger partial charge in [-0.3, -0.25) is 4.79 Å². The Bertz CT molecular complexity index is 649. The molecule has 1 fully saturated rings. The van der Waals surface area contributed by atoms with Gasteiger partial charge in [0.25, 0.3) is 5.91 Å². The highest BCUT2D eigenvalue weighted by molar-refractivity contribution is 5.97. The van der Waals surface area contributed by atoms with E-state index in [2.05, 4.69) is 4.98 Å². The molecule has 3 rings (SSSR count). The SMILES string of the molecule is O=C(O)C1CCCN1C(=O)c1ccc2cncn2c1. The minimum Gasteiger partial charge on any atom is -0.480 e. The van der Waals surface area contributed by atoms with Crippen LogP contribution in [0.3, 0.4) is 0 Å². The van der Waals surface area contributed by atoms with Crippen LogP contribution in [0.25, 0.3) is 5.52 Å². The molecule has 1 unspecified atom stereocenters. The van der Waals surface area contributed by atoms with Crippen molar-refractivity contribution in [1.29, 1.82) is 0 Å². The van der Waals surface area contributed by atoms with Gasteiger partial charge >= 0.3 is 5.97 Å². The van der Waals surface area contributed by atoms with Crippen LogP contribution in [0.1, 0.15) is 23.2 Å². The number of imidazole rings is 1. The highest BCUT2D eigenvalue weighted by atomic mass is 16.4. The topological polar surface area (TPSA) is 74.9 Å². The number of aliphatic carboxylic acids is 1. The Balaban J connectivity index is 1.92.